The lowest BCUT2D eigenvalue weighted by Gasteiger charge is -2.27. The van der Waals surface area contributed by atoms with Crippen LogP contribution in [0.3, 0.4) is 0 Å². The van der Waals surface area contributed by atoms with E-state index in [1.54, 1.807) is 0 Å². The van der Waals surface area contributed by atoms with Gasteiger partial charge in [0.15, 0.2) is 0 Å². The summed E-state index contributed by atoms with van der Waals surface area (Å²) in [4.78, 5) is 0. The molecule has 0 heterocycles. The van der Waals surface area contributed by atoms with Gasteiger partial charge in [-0.05, 0) is 48.5 Å². The van der Waals surface area contributed by atoms with Gasteiger partial charge >= 0.3 is 0 Å². The van der Waals surface area contributed by atoms with E-state index < -0.39 is 0 Å². The van der Waals surface area contributed by atoms with Crippen LogP contribution in [-0.4, -0.2) is 13.1 Å². The van der Waals surface area contributed by atoms with Crippen molar-refractivity contribution in [3.05, 3.63) is 33.8 Å². The topological polar surface area (TPSA) is 52.0 Å². The van der Waals surface area contributed by atoms with Crippen molar-refractivity contribution in [1.29, 1.82) is 0 Å². The van der Waals surface area contributed by atoms with Gasteiger partial charge in [-0.1, -0.05) is 43.1 Å². The first-order valence-electron chi connectivity index (χ1n) is 5.86. The smallest absolute Gasteiger partial charge is 0.0595 e. The first kappa shape index (κ1) is 14.8. The van der Waals surface area contributed by atoms with Crippen LogP contribution in [0.2, 0.25) is 10.0 Å². The monoisotopic (exact) mass is 274 g/mol. The van der Waals surface area contributed by atoms with E-state index >= 15 is 0 Å². The minimum Gasteiger partial charge on any atom is -0.330 e. The van der Waals surface area contributed by atoms with Crippen molar-refractivity contribution in [2.24, 2.45) is 23.3 Å². The first-order valence-corrected chi connectivity index (χ1v) is 6.61. The van der Waals surface area contributed by atoms with Gasteiger partial charge in [-0.15, -0.1) is 0 Å². The highest BCUT2D eigenvalue weighted by atomic mass is 35.5. The van der Waals surface area contributed by atoms with E-state index in [1.807, 2.05) is 18.2 Å². The van der Waals surface area contributed by atoms with Crippen molar-refractivity contribution in [3.63, 3.8) is 0 Å². The molecule has 2 unspecified atom stereocenters. The molecule has 0 aliphatic heterocycles. The Kier molecular flexibility index (Phi) is 5.74. The standard InChI is InChI=1S/C13H20Cl2N2/c1-8(9(2)11(6-16)7-17)10-3-4-12(14)13(15)5-10/h3-5,8-9,11H,6-7,16-17H2,1-2H3. The highest BCUT2D eigenvalue weighted by Crippen LogP contribution is 2.32. The predicted molar refractivity (Wildman–Crippen MR) is 75.6 cm³/mol. The number of hydrogen-bond acceptors (Lipinski definition) is 2. The Morgan fingerprint density at radius 2 is 1.65 bits per heavy atom. The number of rotatable bonds is 5. The highest BCUT2D eigenvalue weighted by molar-refractivity contribution is 6.42. The average Bonchev–Trinajstić information content (AvgIpc) is 2.33. The van der Waals surface area contributed by atoms with Crippen molar-refractivity contribution in [3.8, 4) is 0 Å². The minimum absolute atomic E-state index is 0.333. The molecular formula is C13H20Cl2N2. The number of hydrogen-bond donors (Lipinski definition) is 2. The van der Waals surface area contributed by atoms with Gasteiger partial charge in [0.05, 0.1) is 10.0 Å². The molecule has 0 saturated carbocycles. The lowest BCUT2D eigenvalue weighted by molar-refractivity contribution is 0.328. The Balaban J connectivity index is 2.87. The fourth-order valence-electron chi connectivity index (χ4n) is 2.03. The average molecular weight is 275 g/mol. The third kappa shape index (κ3) is 3.59. The Morgan fingerprint density at radius 1 is 1.06 bits per heavy atom. The van der Waals surface area contributed by atoms with Crippen molar-refractivity contribution < 1.29 is 0 Å². The van der Waals surface area contributed by atoms with Crippen LogP contribution in [-0.2, 0) is 0 Å². The highest BCUT2D eigenvalue weighted by Gasteiger charge is 2.22. The molecule has 0 radical (unpaired) electrons. The van der Waals surface area contributed by atoms with E-state index in [-0.39, 0.29) is 0 Å². The summed E-state index contributed by atoms with van der Waals surface area (Å²) in [5.41, 5.74) is 12.6. The van der Waals surface area contributed by atoms with Crippen molar-refractivity contribution in [2.75, 3.05) is 13.1 Å². The Bertz CT molecular complexity index is 364. The zero-order valence-corrected chi connectivity index (χ0v) is 11.8. The van der Waals surface area contributed by atoms with Crippen LogP contribution < -0.4 is 11.5 Å². The van der Waals surface area contributed by atoms with E-state index in [1.165, 1.54) is 5.56 Å². The molecule has 17 heavy (non-hydrogen) atoms. The van der Waals surface area contributed by atoms with E-state index in [4.69, 9.17) is 34.7 Å². The fourth-order valence-corrected chi connectivity index (χ4v) is 2.34. The second-order valence-corrected chi connectivity index (χ2v) is 5.37. The summed E-state index contributed by atoms with van der Waals surface area (Å²) in [6.45, 7) is 5.58. The summed E-state index contributed by atoms with van der Waals surface area (Å²) in [6.07, 6.45) is 0. The molecule has 2 atom stereocenters. The van der Waals surface area contributed by atoms with E-state index in [9.17, 15) is 0 Å². The van der Waals surface area contributed by atoms with Gasteiger partial charge in [0.25, 0.3) is 0 Å². The molecule has 0 bridgehead atoms. The Hall–Kier alpha value is -0.280. The lowest BCUT2D eigenvalue weighted by atomic mass is 9.80. The molecule has 1 aromatic rings. The van der Waals surface area contributed by atoms with Crippen LogP contribution in [0.25, 0.3) is 0 Å². The summed E-state index contributed by atoms with van der Waals surface area (Å²) in [5.74, 6) is 1.11. The first-order chi connectivity index (χ1) is 8.01. The molecule has 0 aromatic heterocycles. The van der Waals surface area contributed by atoms with Crippen molar-refractivity contribution in [1.82, 2.24) is 0 Å². The fraction of sp³-hybridized carbons (Fsp3) is 0.538. The third-order valence-corrected chi connectivity index (χ3v) is 4.35. The van der Waals surface area contributed by atoms with Crippen LogP contribution in [0.5, 0.6) is 0 Å². The second-order valence-electron chi connectivity index (χ2n) is 4.55. The van der Waals surface area contributed by atoms with E-state index in [0.717, 1.165) is 0 Å². The lowest BCUT2D eigenvalue weighted by Crippen LogP contribution is -2.31. The van der Waals surface area contributed by atoms with E-state index in [2.05, 4.69) is 13.8 Å². The normalized spacial score (nSPS) is 15.0. The Labute approximate surface area is 113 Å². The molecule has 0 saturated heterocycles. The molecule has 0 fully saturated rings. The van der Waals surface area contributed by atoms with Gasteiger partial charge in [-0.25, -0.2) is 0 Å². The minimum atomic E-state index is 0.333. The van der Waals surface area contributed by atoms with Crippen molar-refractivity contribution in [2.45, 2.75) is 19.8 Å². The van der Waals surface area contributed by atoms with Gasteiger partial charge in [0.1, 0.15) is 0 Å². The molecule has 0 aliphatic rings. The van der Waals surface area contributed by atoms with Crippen LogP contribution in [0.15, 0.2) is 18.2 Å². The maximum absolute atomic E-state index is 6.03. The Morgan fingerprint density at radius 3 is 2.12 bits per heavy atom. The summed E-state index contributed by atoms with van der Waals surface area (Å²) in [5, 5.41) is 1.18. The zero-order valence-electron chi connectivity index (χ0n) is 10.3. The number of nitrogens with two attached hydrogens (primary N) is 2. The molecule has 4 N–H and O–H groups in total. The van der Waals surface area contributed by atoms with Gasteiger partial charge in [0, 0.05) is 0 Å². The zero-order chi connectivity index (χ0) is 13.0. The van der Waals surface area contributed by atoms with Crippen LogP contribution in [0.1, 0.15) is 25.3 Å². The third-order valence-electron chi connectivity index (χ3n) is 3.61. The molecule has 0 spiro atoms. The quantitative estimate of drug-likeness (QED) is 0.866. The SMILES string of the molecule is CC(c1ccc(Cl)c(Cl)c1)C(C)C(CN)CN. The largest absolute Gasteiger partial charge is 0.330 e. The maximum Gasteiger partial charge on any atom is 0.0595 e. The van der Waals surface area contributed by atoms with Crippen LogP contribution in [0.4, 0.5) is 0 Å². The van der Waals surface area contributed by atoms with Gasteiger partial charge in [-0.3, -0.25) is 0 Å². The van der Waals surface area contributed by atoms with Crippen LogP contribution >= 0.6 is 23.2 Å². The molecule has 1 rings (SSSR count). The molecule has 2 nitrogen and oxygen atoms in total. The summed E-state index contributed by atoms with van der Waals surface area (Å²) < 4.78 is 0. The second kappa shape index (κ2) is 6.60. The van der Waals surface area contributed by atoms with Crippen molar-refractivity contribution >= 4 is 23.2 Å². The molecule has 0 amide bonds. The summed E-state index contributed by atoms with van der Waals surface area (Å²) in [6, 6.07) is 5.77. The summed E-state index contributed by atoms with van der Waals surface area (Å²) >= 11 is 11.9. The van der Waals surface area contributed by atoms with Gasteiger partial charge < -0.3 is 11.5 Å². The predicted octanol–water partition coefficient (Wildman–Crippen LogP) is 3.27. The van der Waals surface area contributed by atoms with Gasteiger partial charge in [-0.2, -0.15) is 0 Å². The molecule has 0 aliphatic carbocycles. The maximum atomic E-state index is 6.03. The number of benzene rings is 1. The van der Waals surface area contributed by atoms with Gasteiger partial charge in [0.2, 0.25) is 0 Å². The molecular weight excluding hydrogens is 255 g/mol. The molecule has 1 aromatic carbocycles. The summed E-state index contributed by atoms with van der Waals surface area (Å²) in [7, 11) is 0. The molecule has 4 heteroatoms. The van der Waals surface area contributed by atoms with Crippen LogP contribution in [0, 0.1) is 11.8 Å². The molecule has 96 valence electrons. The van der Waals surface area contributed by atoms with E-state index in [0.29, 0.717) is 40.9 Å². The number of halogens is 2.